The van der Waals surface area contributed by atoms with E-state index < -0.39 is 41.2 Å². The molecule has 25 heavy (non-hydrogen) atoms. The molecule has 1 unspecified atom stereocenters. The van der Waals surface area contributed by atoms with E-state index >= 15 is 0 Å². The molecule has 0 aromatic heterocycles. The second-order valence-corrected chi connectivity index (χ2v) is 5.99. The predicted octanol–water partition coefficient (Wildman–Crippen LogP) is 4.55. The number of rotatable bonds is 4. The van der Waals surface area contributed by atoms with Gasteiger partial charge in [0.2, 0.25) is 0 Å². The number of hydrogen-bond donors (Lipinski definition) is 1. The van der Waals surface area contributed by atoms with E-state index in [0.29, 0.717) is 12.1 Å². The van der Waals surface area contributed by atoms with Crippen LogP contribution in [0.2, 0.25) is 0 Å². The lowest BCUT2D eigenvalue weighted by Crippen LogP contribution is -2.41. The summed E-state index contributed by atoms with van der Waals surface area (Å²) in [6, 6.07) is 0.880. The fourth-order valence-corrected chi connectivity index (χ4v) is 2.64. The summed E-state index contributed by atoms with van der Waals surface area (Å²) >= 11 is 0. The number of ether oxygens (including phenoxy) is 1. The molecule has 1 aliphatic rings. The van der Waals surface area contributed by atoms with E-state index in [1.54, 1.807) is 0 Å². The van der Waals surface area contributed by atoms with Crippen molar-refractivity contribution in [3.05, 3.63) is 29.3 Å². The van der Waals surface area contributed by atoms with Crippen LogP contribution >= 0.6 is 0 Å². The Bertz CT molecular complexity index is 588. The molecule has 1 saturated carbocycles. The van der Waals surface area contributed by atoms with E-state index in [4.69, 9.17) is 4.74 Å². The highest BCUT2D eigenvalue weighted by Crippen LogP contribution is 2.38. The van der Waals surface area contributed by atoms with Crippen LogP contribution in [-0.4, -0.2) is 18.1 Å². The summed E-state index contributed by atoms with van der Waals surface area (Å²) in [4.78, 5) is 12.0. The van der Waals surface area contributed by atoms with Crippen molar-refractivity contribution in [2.45, 2.75) is 57.1 Å². The van der Waals surface area contributed by atoms with Gasteiger partial charge in [0.25, 0.3) is 5.91 Å². The maximum absolute atomic E-state index is 12.8. The van der Waals surface area contributed by atoms with Gasteiger partial charge in [-0.3, -0.25) is 4.79 Å². The van der Waals surface area contributed by atoms with E-state index in [0.717, 1.165) is 25.7 Å². The number of amides is 1. The standard InChI is InChI=1S/C16H17F6NO2/c1-9(14(24)23-12-4-2-3-5-12)25-13-7-10(15(17,18)19)6-11(8-13)16(20,21)22/h6-9,12H,2-5H2,1H3,(H,23,24). The number of hydrogen-bond acceptors (Lipinski definition) is 2. The summed E-state index contributed by atoms with van der Waals surface area (Å²) in [6.45, 7) is 1.28. The molecule has 1 amide bonds. The molecule has 2 rings (SSSR count). The van der Waals surface area contributed by atoms with Crippen LogP contribution in [0.5, 0.6) is 5.75 Å². The van der Waals surface area contributed by atoms with E-state index in [-0.39, 0.29) is 12.1 Å². The van der Waals surface area contributed by atoms with E-state index in [1.807, 2.05) is 0 Å². The summed E-state index contributed by atoms with van der Waals surface area (Å²) in [6.07, 6.45) is -7.64. The topological polar surface area (TPSA) is 38.3 Å². The summed E-state index contributed by atoms with van der Waals surface area (Å²) < 4.78 is 81.8. The number of benzene rings is 1. The Morgan fingerprint density at radius 1 is 1.04 bits per heavy atom. The van der Waals surface area contributed by atoms with E-state index in [9.17, 15) is 31.1 Å². The number of alkyl halides is 6. The molecule has 0 radical (unpaired) electrons. The molecule has 0 aliphatic heterocycles. The summed E-state index contributed by atoms with van der Waals surface area (Å²) in [5.74, 6) is -1.23. The third-order valence-corrected chi connectivity index (χ3v) is 3.94. The van der Waals surface area contributed by atoms with Crippen molar-refractivity contribution in [1.29, 1.82) is 0 Å². The molecule has 1 fully saturated rings. The zero-order chi connectivity index (χ0) is 18.8. The largest absolute Gasteiger partial charge is 0.481 e. The molecule has 0 saturated heterocycles. The molecule has 1 aromatic carbocycles. The maximum Gasteiger partial charge on any atom is 0.416 e. The van der Waals surface area contributed by atoms with Gasteiger partial charge >= 0.3 is 12.4 Å². The minimum absolute atomic E-state index is 0.0100. The van der Waals surface area contributed by atoms with Crippen molar-refractivity contribution in [2.75, 3.05) is 0 Å². The van der Waals surface area contributed by atoms with Gasteiger partial charge in [0, 0.05) is 6.04 Å². The molecule has 3 nitrogen and oxygen atoms in total. The zero-order valence-corrected chi connectivity index (χ0v) is 13.3. The fraction of sp³-hybridized carbons (Fsp3) is 0.562. The van der Waals surface area contributed by atoms with Crippen molar-refractivity contribution < 1.29 is 35.9 Å². The SMILES string of the molecule is CC(Oc1cc(C(F)(F)F)cc(C(F)(F)F)c1)C(=O)NC1CCCC1. The van der Waals surface area contributed by atoms with Crippen molar-refractivity contribution >= 4 is 5.91 Å². The van der Waals surface area contributed by atoms with Crippen LogP contribution in [0.3, 0.4) is 0 Å². The molecule has 9 heteroatoms. The Hall–Kier alpha value is -1.93. The predicted molar refractivity (Wildman–Crippen MR) is 76.9 cm³/mol. The van der Waals surface area contributed by atoms with Gasteiger partial charge in [-0.05, 0) is 38.0 Å². The van der Waals surface area contributed by atoms with Gasteiger partial charge < -0.3 is 10.1 Å². The van der Waals surface area contributed by atoms with Gasteiger partial charge in [0.1, 0.15) is 5.75 Å². The van der Waals surface area contributed by atoms with E-state index in [1.165, 1.54) is 6.92 Å². The summed E-state index contributed by atoms with van der Waals surface area (Å²) in [5.41, 5.74) is -2.97. The quantitative estimate of drug-likeness (QED) is 0.791. The summed E-state index contributed by atoms with van der Waals surface area (Å²) in [5, 5.41) is 2.68. The van der Waals surface area contributed by atoms with Crippen LogP contribution in [0.15, 0.2) is 18.2 Å². The third-order valence-electron chi connectivity index (χ3n) is 3.94. The Morgan fingerprint density at radius 3 is 1.96 bits per heavy atom. The van der Waals surface area contributed by atoms with Crippen molar-refractivity contribution in [1.82, 2.24) is 5.32 Å². The third kappa shape index (κ3) is 5.27. The highest BCUT2D eigenvalue weighted by molar-refractivity contribution is 5.81. The molecular formula is C16H17F6NO2. The summed E-state index contributed by atoms with van der Waals surface area (Å²) in [7, 11) is 0. The van der Waals surface area contributed by atoms with Crippen LogP contribution in [0.4, 0.5) is 26.3 Å². The lowest BCUT2D eigenvalue weighted by atomic mass is 10.1. The normalized spacial score (nSPS) is 17.4. The first-order valence-corrected chi connectivity index (χ1v) is 7.73. The highest BCUT2D eigenvalue weighted by atomic mass is 19.4. The smallest absolute Gasteiger partial charge is 0.416 e. The number of nitrogens with one attached hydrogen (secondary N) is 1. The minimum atomic E-state index is -4.96. The van der Waals surface area contributed by atoms with Gasteiger partial charge in [0.05, 0.1) is 11.1 Å². The number of halogens is 6. The van der Waals surface area contributed by atoms with Crippen molar-refractivity contribution in [2.24, 2.45) is 0 Å². The average molecular weight is 369 g/mol. The first-order valence-electron chi connectivity index (χ1n) is 7.73. The molecule has 0 bridgehead atoms. The Kier molecular flexibility index (Phi) is 5.53. The van der Waals surface area contributed by atoms with Gasteiger partial charge in [-0.25, -0.2) is 0 Å². The first kappa shape index (κ1) is 19.4. The molecule has 1 atom stereocenters. The highest BCUT2D eigenvalue weighted by Gasteiger charge is 2.37. The van der Waals surface area contributed by atoms with Crippen LogP contribution in [-0.2, 0) is 17.1 Å². The average Bonchev–Trinajstić information content (AvgIpc) is 2.98. The van der Waals surface area contributed by atoms with Gasteiger partial charge in [-0.1, -0.05) is 12.8 Å². The second-order valence-electron chi connectivity index (χ2n) is 5.99. The fourth-order valence-electron chi connectivity index (χ4n) is 2.64. The Morgan fingerprint density at radius 2 is 1.52 bits per heavy atom. The van der Waals surface area contributed by atoms with Crippen LogP contribution in [0.25, 0.3) is 0 Å². The Labute approximate surface area is 140 Å². The van der Waals surface area contributed by atoms with Gasteiger partial charge in [-0.15, -0.1) is 0 Å². The van der Waals surface area contributed by atoms with E-state index in [2.05, 4.69) is 5.32 Å². The second kappa shape index (κ2) is 7.13. The molecule has 1 aromatic rings. The molecule has 1 N–H and O–H groups in total. The molecule has 1 aliphatic carbocycles. The molecule has 140 valence electrons. The van der Waals surface area contributed by atoms with Crippen molar-refractivity contribution in [3.63, 3.8) is 0 Å². The lowest BCUT2D eigenvalue weighted by molar-refractivity contribution is -0.143. The van der Waals surface area contributed by atoms with Gasteiger partial charge in [-0.2, -0.15) is 26.3 Å². The zero-order valence-electron chi connectivity index (χ0n) is 13.3. The molecular weight excluding hydrogens is 352 g/mol. The maximum atomic E-state index is 12.8. The lowest BCUT2D eigenvalue weighted by Gasteiger charge is -2.20. The molecule has 0 heterocycles. The van der Waals surface area contributed by atoms with Crippen molar-refractivity contribution in [3.8, 4) is 5.75 Å². The minimum Gasteiger partial charge on any atom is -0.481 e. The number of carbonyl (C=O) groups is 1. The Balaban J connectivity index is 2.18. The molecule has 0 spiro atoms. The first-order chi connectivity index (χ1) is 11.5. The van der Waals surface area contributed by atoms with Gasteiger partial charge in [0.15, 0.2) is 6.10 Å². The van der Waals surface area contributed by atoms with Crippen LogP contribution in [0.1, 0.15) is 43.7 Å². The van der Waals surface area contributed by atoms with Crippen LogP contribution < -0.4 is 10.1 Å². The number of carbonyl (C=O) groups excluding carboxylic acids is 1. The monoisotopic (exact) mass is 369 g/mol. The van der Waals surface area contributed by atoms with Crippen LogP contribution in [0, 0.1) is 0 Å².